The predicted octanol–water partition coefficient (Wildman–Crippen LogP) is 3.94. The van der Waals surface area contributed by atoms with Crippen molar-refractivity contribution in [1.29, 1.82) is 0 Å². The number of pyridine rings is 1. The lowest BCUT2D eigenvalue weighted by molar-refractivity contribution is 0.509. The van der Waals surface area contributed by atoms with Crippen LogP contribution in [0, 0.1) is 6.92 Å². The Bertz CT molecular complexity index is 976. The van der Waals surface area contributed by atoms with E-state index < -0.39 is 0 Å². The molecule has 0 bridgehead atoms. The third-order valence-corrected chi connectivity index (χ3v) is 4.70. The molecule has 0 spiro atoms. The van der Waals surface area contributed by atoms with Crippen molar-refractivity contribution in [3.8, 4) is 11.5 Å². The summed E-state index contributed by atoms with van der Waals surface area (Å²) < 4.78 is 7.77. The van der Waals surface area contributed by atoms with Gasteiger partial charge in [0.25, 0.3) is 0 Å². The van der Waals surface area contributed by atoms with Gasteiger partial charge in [-0.05, 0) is 38.1 Å². The van der Waals surface area contributed by atoms with E-state index in [1.54, 1.807) is 0 Å². The van der Waals surface area contributed by atoms with Crippen molar-refractivity contribution in [2.24, 2.45) is 0 Å². The third-order valence-electron chi connectivity index (χ3n) is 3.65. The van der Waals surface area contributed by atoms with E-state index in [2.05, 4.69) is 20.4 Å². The predicted molar refractivity (Wildman–Crippen MR) is 91.7 cm³/mol. The zero-order chi connectivity index (χ0) is 16.5. The molecular formula is C17H15N5OS. The molecule has 0 aliphatic heterocycles. The zero-order valence-electron chi connectivity index (χ0n) is 13.2. The van der Waals surface area contributed by atoms with Gasteiger partial charge in [-0.2, -0.15) is 0 Å². The number of hydrogen-bond acceptors (Lipinski definition) is 6. The lowest BCUT2D eigenvalue weighted by Gasteiger charge is -2.04. The summed E-state index contributed by atoms with van der Waals surface area (Å²) in [6.45, 7) is 4.06. The maximum atomic E-state index is 5.83. The van der Waals surface area contributed by atoms with Crippen molar-refractivity contribution in [3.05, 3.63) is 60.1 Å². The van der Waals surface area contributed by atoms with Gasteiger partial charge in [-0.3, -0.25) is 4.40 Å². The topological polar surface area (TPSA) is 69.1 Å². The van der Waals surface area contributed by atoms with Gasteiger partial charge in [0.1, 0.15) is 0 Å². The fraction of sp³-hybridized carbons (Fsp3) is 0.176. The van der Waals surface area contributed by atoms with E-state index in [1.165, 1.54) is 17.3 Å². The number of thioether (sulfide) groups is 1. The Balaban J connectivity index is 1.57. The van der Waals surface area contributed by atoms with E-state index in [9.17, 15) is 0 Å². The van der Waals surface area contributed by atoms with Gasteiger partial charge in [-0.15, -0.1) is 20.4 Å². The molecule has 24 heavy (non-hydrogen) atoms. The van der Waals surface area contributed by atoms with E-state index in [4.69, 9.17) is 4.42 Å². The minimum atomic E-state index is -0.0238. The summed E-state index contributed by atoms with van der Waals surface area (Å²) in [6.07, 6.45) is 1.94. The summed E-state index contributed by atoms with van der Waals surface area (Å²) in [5.41, 5.74) is 2.93. The summed E-state index contributed by atoms with van der Waals surface area (Å²) in [5, 5.41) is 17.5. The van der Waals surface area contributed by atoms with E-state index in [0.29, 0.717) is 11.8 Å². The van der Waals surface area contributed by atoms with Crippen LogP contribution in [0.2, 0.25) is 0 Å². The molecule has 7 heteroatoms. The second-order valence-corrected chi connectivity index (χ2v) is 6.79. The molecule has 3 aromatic heterocycles. The van der Waals surface area contributed by atoms with Crippen molar-refractivity contribution in [2.75, 3.05) is 0 Å². The van der Waals surface area contributed by atoms with E-state index in [1.807, 2.05) is 66.9 Å². The Kier molecular flexibility index (Phi) is 3.78. The van der Waals surface area contributed by atoms with Gasteiger partial charge in [-0.25, -0.2) is 0 Å². The normalized spacial score (nSPS) is 12.6. The van der Waals surface area contributed by atoms with Crippen LogP contribution in [0.25, 0.3) is 17.1 Å². The van der Waals surface area contributed by atoms with E-state index in [0.717, 1.165) is 16.4 Å². The molecule has 3 heterocycles. The molecule has 0 saturated heterocycles. The average Bonchev–Trinajstić information content (AvgIpc) is 3.23. The molecule has 120 valence electrons. The number of aromatic nitrogens is 5. The highest BCUT2D eigenvalue weighted by atomic mass is 32.2. The van der Waals surface area contributed by atoms with Crippen LogP contribution < -0.4 is 0 Å². The Morgan fingerprint density at radius 3 is 2.67 bits per heavy atom. The first-order valence-electron chi connectivity index (χ1n) is 7.57. The number of hydrogen-bond donors (Lipinski definition) is 0. The summed E-state index contributed by atoms with van der Waals surface area (Å²) >= 11 is 1.54. The van der Waals surface area contributed by atoms with Crippen LogP contribution in [-0.4, -0.2) is 24.8 Å². The third kappa shape index (κ3) is 2.78. The number of benzene rings is 1. The minimum Gasteiger partial charge on any atom is -0.419 e. The molecule has 4 aromatic rings. The van der Waals surface area contributed by atoms with Gasteiger partial charge in [-0.1, -0.05) is 35.5 Å². The van der Waals surface area contributed by atoms with Crippen LogP contribution in [0.1, 0.15) is 23.6 Å². The largest absolute Gasteiger partial charge is 0.419 e. The fourth-order valence-corrected chi connectivity index (χ4v) is 3.19. The first-order chi connectivity index (χ1) is 11.7. The van der Waals surface area contributed by atoms with Crippen molar-refractivity contribution < 1.29 is 4.42 Å². The molecule has 0 aliphatic carbocycles. The summed E-state index contributed by atoms with van der Waals surface area (Å²) in [6, 6.07) is 13.8. The Hall–Kier alpha value is -2.67. The molecule has 6 nitrogen and oxygen atoms in total. The quantitative estimate of drug-likeness (QED) is 0.525. The maximum absolute atomic E-state index is 5.83. The van der Waals surface area contributed by atoms with Crippen LogP contribution in [0.15, 0.2) is 58.2 Å². The Labute approximate surface area is 142 Å². The van der Waals surface area contributed by atoms with E-state index in [-0.39, 0.29) is 5.25 Å². The van der Waals surface area contributed by atoms with Crippen LogP contribution in [0.3, 0.4) is 0 Å². The SMILES string of the molecule is Cc1ccc(-c2nnc([C@H](C)Sc3nnc4ccccn34)o2)cc1. The van der Waals surface area contributed by atoms with Gasteiger partial charge in [0.15, 0.2) is 10.8 Å². The smallest absolute Gasteiger partial charge is 0.247 e. The summed E-state index contributed by atoms with van der Waals surface area (Å²) in [5.74, 6) is 1.10. The van der Waals surface area contributed by atoms with Gasteiger partial charge in [0.2, 0.25) is 11.8 Å². The molecule has 4 rings (SSSR count). The van der Waals surface area contributed by atoms with Crippen LogP contribution in [0.4, 0.5) is 0 Å². The summed E-state index contributed by atoms with van der Waals surface area (Å²) in [7, 11) is 0. The van der Waals surface area contributed by atoms with Gasteiger partial charge < -0.3 is 4.42 Å². The van der Waals surface area contributed by atoms with E-state index >= 15 is 0 Å². The number of aryl methyl sites for hydroxylation is 1. The van der Waals surface area contributed by atoms with Gasteiger partial charge in [0.05, 0.1) is 5.25 Å². The molecule has 0 fully saturated rings. The Morgan fingerprint density at radius 2 is 1.83 bits per heavy atom. The molecule has 1 atom stereocenters. The van der Waals surface area contributed by atoms with Crippen molar-refractivity contribution in [2.45, 2.75) is 24.3 Å². The highest BCUT2D eigenvalue weighted by Crippen LogP contribution is 2.34. The number of fused-ring (bicyclic) bond motifs is 1. The van der Waals surface area contributed by atoms with Gasteiger partial charge >= 0.3 is 0 Å². The molecule has 1 aromatic carbocycles. The van der Waals surface area contributed by atoms with Crippen LogP contribution >= 0.6 is 11.8 Å². The van der Waals surface area contributed by atoms with Crippen LogP contribution in [0.5, 0.6) is 0 Å². The second kappa shape index (κ2) is 6.09. The molecule has 0 radical (unpaired) electrons. The average molecular weight is 337 g/mol. The van der Waals surface area contributed by atoms with Gasteiger partial charge in [0, 0.05) is 11.8 Å². The molecule has 0 saturated carbocycles. The second-order valence-electron chi connectivity index (χ2n) is 5.48. The number of nitrogens with zero attached hydrogens (tertiary/aromatic N) is 5. The lowest BCUT2D eigenvalue weighted by Crippen LogP contribution is -1.92. The molecule has 0 aliphatic rings. The fourth-order valence-electron chi connectivity index (χ4n) is 2.32. The Morgan fingerprint density at radius 1 is 1.00 bits per heavy atom. The van der Waals surface area contributed by atoms with Crippen LogP contribution in [-0.2, 0) is 0 Å². The standard InChI is InChI=1S/C17H15N5OS/c1-11-6-8-13(9-7-11)16-20-19-15(23-16)12(2)24-17-21-18-14-5-3-4-10-22(14)17/h3-10,12H,1-2H3/t12-/m0/s1. The first-order valence-corrected chi connectivity index (χ1v) is 8.45. The molecular weight excluding hydrogens is 322 g/mol. The first kappa shape index (κ1) is 14.9. The zero-order valence-corrected chi connectivity index (χ0v) is 14.1. The van der Waals surface area contributed by atoms with Crippen molar-refractivity contribution in [3.63, 3.8) is 0 Å². The molecule has 0 unspecified atom stereocenters. The van der Waals surface area contributed by atoms with Crippen molar-refractivity contribution in [1.82, 2.24) is 24.8 Å². The molecule has 0 N–H and O–H groups in total. The minimum absolute atomic E-state index is 0.0238. The number of rotatable bonds is 4. The monoisotopic (exact) mass is 337 g/mol. The lowest BCUT2D eigenvalue weighted by atomic mass is 10.1. The highest BCUT2D eigenvalue weighted by molar-refractivity contribution is 7.99. The van der Waals surface area contributed by atoms with Crippen molar-refractivity contribution >= 4 is 17.4 Å². The highest BCUT2D eigenvalue weighted by Gasteiger charge is 2.19. The molecule has 0 amide bonds. The maximum Gasteiger partial charge on any atom is 0.247 e. The summed E-state index contributed by atoms with van der Waals surface area (Å²) in [4.78, 5) is 0.